The van der Waals surface area contributed by atoms with Crippen LogP contribution in [0.1, 0.15) is 37.3 Å². The monoisotopic (exact) mass is 462 g/mol. The minimum atomic E-state index is -0.181. The highest BCUT2D eigenvalue weighted by Crippen LogP contribution is 2.23. The van der Waals surface area contributed by atoms with Crippen molar-refractivity contribution in [3.8, 4) is 5.75 Å². The lowest BCUT2D eigenvalue weighted by atomic mass is 10.2. The van der Waals surface area contributed by atoms with Crippen molar-refractivity contribution in [3.05, 3.63) is 58.1 Å². The fourth-order valence-electron chi connectivity index (χ4n) is 2.67. The summed E-state index contributed by atoms with van der Waals surface area (Å²) in [6, 6.07) is 13.5. The number of nitrogens with one attached hydrogen (secondary N) is 2. The smallest absolute Gasteiger partial charge is 0.262 e. The third kappa shape index (κ3) is 9.43. The Kier molecular flexibility index (Phi) is 10.8. The van der Waals surface area contributed by atoms with Gasteiger partial charge in [-0.05, 0) is 56.6 Å². The van der Waals surface area contributed by atoms with Crippen LogP contribution in [0.3, 0.4) is 0 Å². The summed E-state index contributed by atoms with van der Waals surface area (Å²) in [6.45, 7) is 7.29. The Bertz CT molecular complexity index is 750. The number of rotatable bonds is 13. The first-order valence-corrected chi connectivity index (χ1v) is 10.9. The largest absolute Gasteiger partial charge is 0.483 e. The van der Waals surface area contributed by atoms with E-state index < -0.39 is 0 Å². The number of carbonyl (C=O) groups is 1. The number of unbranched alkanes of at least 4 members (excludes halogenated alkanes) is 1. The second-order valence-corrected chi connectivity index (χ2v) is 7.87. The van der Waals surface area contributed by atoms with Gasteiger partial charge in [-0.2, -0.15) is 0 Å². The molecule has 0 saturated heterocycles. The summed E-state index contributed by atoms with van der Waals surface area (Å²) in [7, 11) is 0. The summed E-state index contributed by atoms with van der Waals surface area (Å²) in [4.78, 5) is 12.2. The highest BCUT2D eigenvalue weighted by molar-refractivity contribution is 9.10. The van der Waals surface area contributed by atoms with Gasteiger partial charge in [0.25, 0.3) is 5.91 Å². The van der Waals surface area contributed by atoms with Gasteiger partial charge < -0.3 is 20.1 Å². The van der Waals surface area contributed by atoms with Gasteiger partial charge in [-0.15, -0.1) is 0 Å². The predicted molar refractivity (Wildman–Crippen MR) is 121 cm³/mol. The van der Waals surface area contributed by atoms with Crippen LogP contribution in [0.15, 0.2) is 46.9 Å². The van der Waals surface area contributed by atoms with Gasteiger partial charge in [0.1, 0.15) is 5.75 Å². The number of hydrogen-bond donors (Lipinski definition) is 2. The minimum Gasteiger partial charge on any atom is -0.483 e. The zero-order valence-electron chi connectivity index (χ0n) is 17.3. The van der Waals surface area contributed by atoms with E-state index in [-0.39, 0.29) is 12.5 Å². The van der Waals surface area contributed by atoms with E-state index in [0.29, 0.717) is 12.3 Å². The number of aryl methyl sites for hydroxylation is 1. The van der Waals surface area contributed by atoms with Crippen LogP contribution in [0.25, 0.3) is 0 Å². The summed E-state index contributed by atoms with van der Waals surface area (Å²) >= 11 is 3.50. The number of hydrogen-bond acceptors (Lipinski definition) is 4. The van der Waals surface area contributed by atoms with Gasteiger partial charge in [-0.3, -0.25) is 4.79 Å². The number of halogens is 1. The van der Waals surface area contributed by atoms with Crippen molar-refractivity contribution in [3.63, 3.8) is 0 Å². The van der Waals surface area contributed by atoms with Crippen molar-refractivity contribution < 1.29 is 14.3 Å². The standard InChI is InChI=1S/C23H31BrN2O3/c1-3-4-13-28-14-5-12-25-16-19-15-20(24)8-11-22(19)29-17-23(27)26-21-9-6-18(2)7-10-21/h6-11,15,25H,3-5,12-14,16-17H2,1-2H3,(H,26,27). The van der Waals surface area contributed by atoms with E-state index in [1.165, 1.54) is 0 Å². The summed E-state index contributed by atoms with van der Waals surface area (Å²) in [5.74, 6) is 0.527. The molecule has 6 heteroatoms. The molecule has 158 valence electrons. The molecule has 0 saturated carbocycles. The topological polar surface area (TPSA) is 59.6 Å². The first-order chi connectivity index (χ1) is 14.1. The first-order valence-electron chi connectivity index (χ1n) is 10.1. The van der Waals surface area contributed by atoms with E-state index in [9.17, 15) is 4.79 Å². The molecule has 0 heterocycles. The van der Waals surface area contributed by atoms with E-state index in [1.54, 1.807) is 0 Å². The number of benzene rings is 2. The molecule has 0 bridgehead atoms. The molecule has 0 radical (unpaired) electrons. The molecule has 0 unspecified atom stereocenters. The van der Waals surface area contributed by atoms with E-state index in [2.05, 4.69) is 33.5 Å². The van der Waals surface area contributed by atoms with E-state index in [0.717, 1.165) is 60.3 Å². The second kappa shape index (κ2) is 13.4. The van der Waals surface area contributed by atoms with Crippen LogP contribution in [0.5, 0.6) is 5.75 Å². The van der Waals surface area contributed by atoms with Crippen molar-refractivity contribution in [2.24, 2.45) is 0 Å². The lowest BCUT2D eigenvalue weighted by molar-refractivity contribution is -0.118. The molecule has 2 aromatic carbocycles. The van der Waals surface area contributed by atoms with Gasteiger partial charge in [0.15, 0.2) is 6.61 Å². The number of ether oxygens (including phenoxy) is 2. The molecule has 2 N–H and O–H groups in total. The van der Waals surface area contributed by atoms with Gasteiger partial charge in [0, 0.05) is 35.5 Å². The Morgan fingerprint density at radius 1 is 1.07 bits per heavy atom. The average molecular weight is 463 g/mol. The molecule has 2 rings (SSSR count). The lowest BCUT2D eigenvalue weighted by Gasteiger charge is -2.13. The number of carbonyl (C=O) groups excluding carboxylic acids is 1. The molecule has 29 heavy (non-hydrogen) atoms. The van der Waals surface area contributed by atoms with Crippen molar-refractivity contribution in [1.82, 2.24) is 5.32 Å². The third-order valence-electron chi connectivity index (χ3n) is 4.32. The quantitative estimate of drug-likeness (QED) is 0.407. The molecule has 0 aromatic heterocycles. The molecule has 0 aliphatic carbocycles. The Labute approximate surface area is 182 Å². The van der Waals surface area contributed by atoms with Crippen LogP contribution in [-0.2, 0) is 16.1 Å². The highest BCUT2D eigenvalue weighted by atomic mass is 79.9. The zero-order chi connectivity index (χ0) is 20.9. The van der Waals surface area contributed by atoms with E-state index >= 15 is 0 Å². The zero-order valence-corrected chi connectivity index (χ0v) is 18.9. The lowest BCUT2D eigenvalue weighted by Crippen LogP contribution is -2.21. The van der Waals surface area contributed by atoms with E-state index in [1.807, 2.05) is 49.4 Å². The predicted octanol–water partition coefficient (Wildman–Crippen LogP) is 5.07. The summed E-state index contributed by atoms with van der Waals surface area (Å²) in [5.41, 5.74) is 2.93. The van der Waals surface area contributed by atoms with Crippen LogP contribution in [0.2, 0.25) is 0 Å². The SMILES string of the molecule is CCCCOCCCNCc1cc(Br)ccc1OCC(=O)Nc1ccc(C)cc1. The summed E-state index contributed by atoms with van der Waals surface area (Å²) in [6.07, 6.45) is 3.24. The van der Waals surface area contributed by atoms with Crippen molar-refractivity contribution >= 4 is 27.5 Å². The molecule has 2 aromatic rings. The second-order valence-electron chi connectivity index (χ2n) is 6.95. The molecular formula is C23H31BrN2O3. The molecule has 0 atom stereocenters. The molecule has 5 nitrogen and oxygen atoms in total. The first kappa shape index (κ1) is 23.4. The molecule has 0 aliphatic heterocycles. The molecule has 0 aliphatic rings. The third-order valence-corrected chi connectivity index (χ3v) is 4.81. The maximum absolute atomic E-state index is 12.2. The normalized spacial score (nSPS) is 10.7. The Morgan fingerprint density at radius 2 is 1.83 bits per heavy atom. The Hall–Kier alpha value is -1.89. The number of amides is 1. The van der Waals surface area contributed by atoms with Crippen LogP contribution in [0, 0.1) is 6.92 Å². The van der Waals surface area contributed by atoms with Crippen LogP contribution >= 0.6 is 15.9 Å². The maximum Gasteiger partial charge on any atom is 0.262 e. The van der Waals surface area contributed by atoms with Crippen molar-refractivity contribution in [2.45, 2.75) is 39.7 Å². The molecular weight excluding hydrogens is 432 g/mol. The van der Waals surface area contributed by atoms with Gasteiger partial charge in [-0.1, -0.05) is 47.0 Å². The molecule has 0 spiro atoms. The maximum atomic E-state index is 12.2. The average Bonchev–Trinajstić information content (AvgIpc) is 2.71. The van der Waals surface area contributed by atoms with Gasteiger partial charge >= 0.3 is 0 Å². The Balaban J connectivity index is 1.76. The van der Waals surface area contributed by atoms with E-state index in [4.69, 9.17) is 9.47 Å². The minimum absolute atomic E-state index is 0.0340. The summed E-state index contributed by atoms with van der Waals surface area (Å²) < 4.78 is 12.3. The Morgan fingerprint density at radius 3 is 2.59 bits per heavy atom. The molecule has 0 fully saturated rings. The van der Waals surface area contributed by atoms with Gasteiger partial charge in [0.2, 0.25) is 0 Å². The van der Waals surface area contributed by atoms with Gasteiger partial charge in [-0.25, -0.2) is 0 Å². The fraction of sp³-hybridized carbons (Fsp3) is 0.435. The number of anilines is 1. The van der Waals surface area contributed by atoms with Crippen LogP contribution < -0.4 is 15.4 Å². The van der Waals surface area contributed by atoms with Crippen LogP contribution in [-0.4, -0.2) is 32.3 Å². The van der Waals surface area contributed by atoms with Crippen molar-refractivity contribution in [2.75, 3.05) is 31.7 Å². The van der Waals surface area contributed by atoms with Crippen molar-refractivity contribution in [1.29, 1.82) is 0 Å². The van der Waals surface area contributed by atoms with Crippen LogP contribution in [0.4, 0.5) is 5.69 Å². The fourth-order valence-corrected chi connectivity index (χ4v) is 3.08. The molecule has 1 amide bonds. The van der Waals surface area contributed by atoms with Gasteiger partial charge in [0.05, 0.1) is 0 Å². The highest BCUT2D eigenvalue weighted by Gasteiger charge is 2.08. The summed E-state index contributed by atoms with van der Waals surface area (Å²) in [5, 5.41) is 6.26.